The Bertz CT molecular complexity index is 4900. The van der Waals surface area contributed by atoms with Crippen molar-refractivity contribution >= 4 is 155 Å². The van der Waals surface area contributed by atoms with Crippen LogP contribution in [0.15, 0.2) is 97.1 Å². The molecular weight excluding hydrogens is 1820 g/mol. The van der Waals surface area contributed by atoms with Crippen LogP contribution in [0.1, 0.15) is 243 Å². The molecule has 31 nitrogen and oxygen atoms in total. The van der Waals surface area contributed by atoms with E-state index in [0.29, 0.717) is 135 Å². The number of methoxy groups -OCH3 is 1. The summed E-state index contributed by atoms with van der Waals surface area (Å²) in [5.74, 6) is 1.23. The molecule has 0 unspecified atom stereocenters. The van der Waals surface area contributed by atoms with Gasteiger partial charge in [0.05, 0.1) is 64.2 Å². The van der Waals surface area contributed by atoms with Crippen molar-refractivity contribution < 1.29 is 81.5 Å². The van der Waals surface area contributed by atoms with Crippen molar-refractivity contribution in [2.45, 2.75) is 208 Å². The molecule has 37 heteroatoms. The molecule has 0 aliphatic carbocycles. The lowest BCUT2D eigenvalue weighted by Crippen LogP contribution is -2.42. The van der Waals surface area contributed by atoms with Crippen LogP contribution in [0.25, 0.3) is 0 Å². The average molecular weight is 1940 g/mol. The number of nitrogens with two attached hydrogens (primary N) is 2. The molecule has 698 valence electrons. The molecule has 8 amide bonds. The van der Waals surface area contributed by atoms with Crippen LogP contribution >= 0.6 is 73.4 Å². The first-order chi connectivity index (χ1) is 60.2. The van der Waals surface area contributed by atoms with E-state index in [4.69, 9.17) is 65.2 Å². The molecule has 7 aliphatic rings. The molecule has 0 bridgehead atoms. The monoisotopic (exact) mass is 1930 g/mol. The number of amides is 8. The number of piperidine rings is 4. The zero-order valence-corrected chi connectivity index (χ0v) is 80.6. The number of nitro groups is 2. The third-order valence-corrected chi connectivity index (χ3v) is 25.4. The molecule has 2 aromatic heterocycles. The maximum Gasteiger partial charge on any atom is 0.410 e. The smallest absolute Gasteiger partial charge is 0.410 e. The predicted octanol–water partition coefficient (Wildman–Crippen LogP) is 19.5. The van der Waals surface area contributed by atoms with Gasteiger partial charge in [0.25, 0.3) is 40.2 Å². The molecule has 0 radical (unpaired) electrons. The fourth-order valence-corrected chi connectivity index (χ4v) is 18.0. The molecule has 5 N–H and O–H groups in total. The van der Waals surface area contributed by atoms with Crippen LogP contribution in [0.5, 0.6) is 0 Å². The Kier molecular flexibility index (Phi) is 38.2. The van der Waals surface area contributed by atoms with Crippen molar-refractivity contribution in [3.63, 3.8) is 0 Å². The SMILES string of the molecule is CC(C)(C)OC(=O)N1CCC(CCN)CC1.CC(C)(C)OC(=O)N1CCC(CCN2Cc3c(N)cccc3C2=O)CC1.CC(C)(C)OC(=O)N1CCC(CCN2Cc3c(NC(=O)c4ccc(Cl)s4)cccc3C2=O)CC1.CC(C)(C)OC(=O)N1CCC(CCN2Cc3c(cccc3[N+](=O)[O-])C2=O)CC1.COC(=O)c1cccc([N+](=O)[O-])c1CBr.O=C(Cl)c1ccc(Cl)s1. The van der Waals surface area contributed by atoms with Gasteiger partial charge in [-0.1, -0.05) is 63.4 Å². The highest BCUT2D eigenvalue weighted by Crippen LogP contribution is 2.37. The van der Waals surface area contributed by atoms with Crippen LogP contribution in [0.2, 0.25) is 8.67 Å². The third kappa shape index (κ3) is 31.3. The van der Waals surface area contributed by atoms with Crippen molar-refractivity contribution in [1.29, 1.82) is 0 Å². The topological polar surface area (TPSA) is 390 Å². The van der Waals surface area contributed by atoms with E-state index in [1.165, 1.54) is 54.0 Å². The standard InChI is InChI=1S/C25H30ClN3O4S.C20H27N3O5.C20H29N3O3.C12H24N2O2.C9H8BrNO4.C5H2Cl2OS/c1-25(2,3)33-24(32)28-12-9-16(10-13-28)11-14-29-15-18-17(23(29)31)5-4-6-19(18)27-22(30)20-7-8-21(26)34-20;1-20(2,3)28-19(25)21-10-7-14(8-11-21)9-12-22-13-16-15(18(22)24)5-4-6-17(16)23(26)27;1-20(2,3)26-19(25)22-10-7-14(8-11-22)9-12-23-13-16-15(18(23)24)5-4-6-17(16)21;1-12(2,3)16-11(15)14-8-5-10(4-7-13)6-9-14;1-15-9(12)6-3-2-4-8(11(13)14)7(6)5-10;6-4-2-1-3(9-4)5(7)8/h4-8,16H,9-15H2,1-3H3,(H,27,30);4-6,14H,7-13H2,1-3H3;4-6,14H,7-13,21H2,1-3H3;10H,4-9,13H2,1-3H3;2-4H,5H2,1H3;1-2H. The first kappa shape index (κ1) is 104. The number of benzene rings is 4. The number of anilines is 2. The van der Waals surface area contributed by atoms with Gasteiger partial charge in [-0.2, -0.15) is 0 Å². The van der Waals surface area contributed by atoms with Crippen LogP contribution in [-0.4, -0.2) is 211 Å². The fraction of sp³-hybridized carbons (Fsp3) is 0.538. The molecule has 0 spiro atoms. The fourth-order valence-electron chi connectivity index (χ4n) is 15.4. The number of hydrogen-bond acceptors (Lipinski definition) is 23. The Morgan fingerprint density at radius 1 is 0.477 bits per heavy atom. The number of nitrogen functional groups attached to an aromatic ring is 1. The Labute approximate surface area is 779 Å². The zero-order chi connectivity index (χ0) is 94.3. The van der Waals surface area contributed by atoms with Crippen LogP contribution in [0, 0.1) is 43.9 Å². The summed E-state index contributed by atoms with van der Waals surface area (Å²) in [7, 11) is 1.24. The van der Waals surface area contributed by atoms with E-state index < -0.39 is 43.5 Å². The molecule has 0 saturated carbocycles. The van der Waals surface area contributed by atoms with Crippen LogP contribution in [-0.2, 0) is 48.6 Å². The van der Waals surface area contributed by atoms with E-state index in [2.05, 4.69) is 26.0 Å². The lowest BCUT2D eigenvalue weighted by atomic mass is 9.93. The van der Waals surface area contributed by atoms with Gasteiger partial charge in [-0.15, -0.1) is 22.7 Å². The van der Waals surface area contributed by atoms with Gasteiger partial charge in [0.1, 0.15) is 22.4 Å². The number of esters is 1. The van der Waals surface area contributed by atoms with Crippen LogP contribution in [0.4, 0.5) is 41.9 Å². The normalized spacial score (nSPS) is 16.1. The van der Waals surface area contributed by atoms with Gasteiger partial charge in [-0.25, -0.2) is 24.0 Å². The lowest BCUT2D eigenvalue weighted by molar-refractivity contribution is -0.385. The number of nitrogens with one attached hydrogen (secondary N) is 1. The molecule has 9 heterocycles. The molecule has 6 aromatic rings. The first-order valence-corrected chi connectivity index (χ1v) is 46.8. The van der Waals surface area contributed by atoms with Gasteiger partial charge in [0.15, 0.2) is 0 Å². The maximum absolute atomic E-state index is 13.0. The highest BCUT2D eigenvalue weighted by atomic mass is 79.9. The first-order valence-electron chi connectivity index (χ1n) is 42.9. The summed E-state index contributed by atoms with van der Waals surface area (Å²) in [5.41, 5.74) is 15.6. The van der Waals surface area contributed by atoms with Gasteiger partial charge in [0.2, 0.25) is 0 Å². The number of nitrogens with zero attached hydrogens (tertiary/aromatic N) is 9. The Hall–Kier alpha value is -9.71. The van der Waals surface area contributed by atoms with Crippen LogP contribution < -0.4 is 16.8 Å². The number of carbonyl (C=O) groups is 10. The van der Waals surface area contributed by atoms with Gasteiger partial charge in [-0.05, 0) is 263 Å². The Balaban J connectivity index is 0.000000198. The molecule has 7 aliphatic heterocycles. The summed E-state index contributed by atoms with van der Waals surface area (Å²) >= 11 is 22.1. The number of alkyl halides is 1. The Morgan fingerprint density at radius 3 is 1.15 bits per heavy atom. The quantitative estimate of drug-likeness (QED) is 0.0137. The summed E-state index contributed by atoms with van der Waals surface area (Å²) in [6, 6.07) is 26.6. The van der Waals surface area contributed by atoms with Gasteiger partial charge in [-0.3, -0.25) is 44.2 Å². The highest BCUT2D eigenvalue weighted by Gasteiger charge is 2.38. The van der Waals surface area contributed by atoms with Crippen LogP contribution in [0.3, 0.4) is 0 Å². The van der Waals surface area contributed by atoms with Crippen molar-refractivity contribution in [1.82, 2.24) is 34.3 Å². The van der Waals surface area contributed by atoms with Crippen molar-refractivity contribution in [3.05, 3.63) is 180 Å². The second-order valence-electron chi connectivity index (χ2n) is 36.2. The highest BCUT2D eigenvalue weighted by molar-refractivity contribution is 9.08. The van der Waals surface area contributed by atoms with Crippen molar-refractivity contribution in [2.24, 2.45) is 29.4 Å². The summed E-state index contributed by atoms with van der Waals surface area (Å²) in [6.45, 7) is 32.3. The van der Waals surface area contributed by atoms with E-state index in [1.54, 1.807) is 67.0 Å². The number of nitro benzene ring substituents is 2. The maximum atomic E-state index is 13.0. The third-order valence-electron chi connectivity index (χ3n) is 22.1. The summed E-state index contributed by atoms with van der Waals surface area (Å²) in [5, 5.41) is 24.6. The molecule has 4 saturated heterocycles. The number of halogens is 4. The van der Waals surface area contributed by atoms with E-state index in [-0.39, 0.29) is 70.3 Å². The number of ether oxygens (including phenoxy) is 5. The molecule has 4 fully saturated rings. The summed E-state index contributed by atoms with van der Waals surface area (Å²) < 4.78 is 27.3. The van der Waals surface area contributed by atoms with E-state index in [9.17, 15) is 68.2 Å². The zero-order valence-electron chi connectivity index (χ0n) is 75.1. The molecule has 0 atom stereocenters. The lowest BCUT2D eigenvalue weighted by Gasteiger charge is -2.34. The molecule has 13 rings (SSSR count). The van der Waals surface area contributed by atoms with E-state index in [0.717, 1.165) is 133 Å². The van der Waals surface area contributed by atoms with E-state index in [1.807, 2.05) is 123 Å². The minimum atomic E-state index is -0.576. The molecular formula is C91H120BrCl3N12O19S2. The van der Waals surface area contributed by atoms with Gasteiger partial charge in [0, 0.05) is 136 Å². The van der Waals surface area contributed by atoms with E-state index >= 15 is 0 Å². The number of thiophene rings is 2. The van der Waals surface area contributed by atoms with Crippen molar-refractivity contribution in [2.75, 3.05) is 96.7 Å². The average Bonchev–Trinajstić information content (AvgIpc) is 1.65. The summed E-state index contributed by atoms with van der Waals surface area (Å²) in [4.78, 5) is 155. The molecule has 128 heavy (non-hydrogen) atoms. The number of hydrogen-bond donors (Lipinski definition) is 3. The number of rotatable bonds is 18. The van der Waals surface area contributed by atoms with Gasteiger partial charge >= 0.3 is 30.3 Å². The number of fused-ring (bicyclic) bond motifs is 3. The largest absolute Gasteiger partial charge is 0.465 e. The predicted molar refractivity (Wildman–Crippen MR) is 498 cm³/mol. The minimum absolute atomic E-state index is 0.00328. The summed E-state index contributed by atoms with van der Waals surface area (Å²) in [6.07, 6.45) is 10.4. The Morgan fingerprint density at radius 2 is 0.812 bits per heavy atom. The van der Waals surface area contributed by atoms with Gasteiger partial charge < -0.3 is 74.8 Å². The number of carbonyl (C=O) groups excluding carboxylic acids is 10. The second-order valence-corrected chi connectivity index (χ2v) is 40.5. The second kappa shape index (κ2) is 47.2. The van der Waals surface area contributed by atoms with Crippen molar-refractivity contribution in [3.8, 4) is 0 Å². The molecule has 4 aromatic carbocycles. The number of likely N-dealkylation sites (tertiary alicyclic amines) is 4. The minimum Gasteiger partial charge on any atom is -0.465 e.